The van der Waals surface area contributed by atoms with E-state index < -0.39 is 11.0 Å². The van der Waals surface area contributed by atoms with Crippen LogP contribution in [-0.2, 0) is 15.8 Å². The molecule has 1 aliphatic heterocycles. The zero-order valence-electron chi connectivity index (χ0n) is 6.24. The van der Waals surface area contributed by atoms with E-state index in [4.69, 9.17) is 0 Å². The van der Waals surface area contributed by atoms with Crippen molar-refractivity contribution in [2.45, 2.75) is 6.92 Å². The zero-order chi connectivity index (χ0) is 8.43. The average Bonchev–Trinajstić information content (AvgIpc) is 2.26. The molecule has 1 unspecified atom stereocenters. The largest absolute Gasteiger partial charge is 0.268 e. The van der Waals surface area contributed by atoms with E-state index in [2.05, 4.69) is 6.58 Å². The van der Waals surface area contributed by atoms with Crippen LogP contribution in [0.15, 0.2) is 23.6 Å². The topological polar surface area (TPSA) is 37.4 Å². The van der Waals surface area contributed by atoms with Crippen LogP contribution in [0, 0.1) is 0 Å². The van der Waals surface area contributed by atoms with Crippen molar-refractivity contribution in [3.05, 3.63) is 23.6 Å². The molecule has 60 valence electrons. The predicted molar refractivity (Wildman–Crippen MR) is 43.8 cm³/mol. The maximum absolute atomic E-state index is 11.2. The SMILES string of the molecule is C=CC1=CS(=O)N(CC)C1=O. The lowest BCUT2D eigenvalue weighted by Gasteiger charge is -2.09. The molecule has 0 spiro atoms. The van der Waals surface area contributed by atoms with Crippen molar-refractivity contribution in [2.24, 2.45) is 0 Å². The van der Waals surface area contributed by atoms with Crippen molar-refractivity contribution in [1.29, 1.82) is 0 Å². The Hall–Kier alpha value is -0.900. The normalized spacial score (nSPS) is 23.7. The first-order valence-electron chi connectivity index (χ1n) is 3.27. The van der Waals surface area contributed by atoms with Gasteiger partial charge in [-0.15, -0.1) is 0 Å². The second-order valence-corrected chi connectivity index (χ2v) is 3.28. The van der Waals surface area contributed by atoms with E-state index in [1.807, 2.05) is 0 Å². The Balaban J connectivity index is 2.92. The monoisotopic (exact) mass is 171 g/mol. The van der Waals surface area contributed by atoms with Gasteiger partial charge in [0.25, 0.3) is 5.91 Å². The summed E-state index contributed by atoms with van der Waals surface area (Å²) < 4.78 is 12.4. The van der Waals surface area contributed by atoms with Gasteiger partial charge in [0, 0.05) is 12.0 Å². The van der Waals surface area contributed by atoms with E-state index in [1.165, 1.54) is 15.8 Å². The van der Waals surface area contributed by atoms with Crippen molar-refractivity contribution in [2.75, 3.05) is 6.54 Å². The lowest BCUT2D eigenvalue weighted by Crippen LogP contribution is -2.26. The molecule has 0 N–H and O–H groups in total. The van der Waals surface area contributed by atoms with E-state index >= 15 is 0 Å². The summed E-state index contributed by atoms with van der Waals surface area (Å²) in [6.45, 7) is 5.70. The van der Waals surface area contributed by atoms with Crippen LogP contribution >= 0.6 is 0 Å². The molecule has 1 heterocycles. The minimum Gasteiger partial charge on any atom is -0.268 e. The first-order chi connectivity index (χ1) is 5.20. The fraction of sp³-hybridized carbons (Fsp3) is 0.286. The first kappa shape index (κ1) is 8.20. The van der Waals surface area contributed by atoms with Crippen molar-refractivity contribution < 1.29 is 9.00 Å². The molecule has 1 amide bonds. The molecule has 1 atom stereocenters. The molecule has 4 heteroatoms. The molecule has 0 aromatic rings. The van der Waals surface area contributed by atoms with Crippen molar-refractivity contribution in [3.8, 4) is 0 Å². The van der Waals surface area contributed by atoms with Gasteiger partial charge in [-0.3, -0.25) is 9.10 Å². The van der Waals surface area contributed by atoms with Crippen LogP contribution in [0.3, 0.4) is 0 Å². The van der Waals surface area contributed by atoms with E-state index in [9.17, 15) is 9.00 Å². The third-order valence-electron chi connectivity index (χ3n) is 1.43. The molecule has 0 saturated heterocycles. The van der Waals surface area contributed by atoms with Crippen LogP contribution < -0.4 is 0 Å². The summed E-state index contributed by atoms with van der Waals surface area (Å²) >= 11 is 0. The Morgan fingerprint density at radius 2 is 2.45 bits per heavy atom. The van der Waals surface area contributed by atoms with Crippen molar-refractivity contribution in [1.82, 2.24) is 4.31 Å². The van der Waals surface area contributed by atoms with Gasteiger partial charge in [0.2, 0.25) is 0 Å². The molecule has 1 aliphatic rings. The van der Waals surface area contributed by atoms with Crippen LogP contribution in [-0.4, -0.2) is 21.0 Å². The Kier molecular flexibility index (Phi) is 2.24. The standard InChI is InChI=1S/C7H9NO2S/c1-3-6-5-11(10)8(4-2)7(6)9/h3,5H,1,4H2,2H3. The summed E-state index contributed by atoms with van der Waals surface area (Å²) in [4.78, 5) is 11.2. The highest BCUT2D eigenvalue weighted by atomic mass is 32.2. The molecule has 0 radical (unpaired) electrons. The van der Waals surface area contributed by atoms with Crippen molar-refractivity contribution in [3.63, 3.8) is 0 Å². The Labute approximate surface area is 68.0 Å². The predicted octanol–water partition coefficient (Wildman–Crippen LogP) is 0.582. The quantitative estimate of drug-likeness (QED) is 0.609. The molecule has 0 saturated carbocycles. The van der Waals surface area contributed by atoms with Crippen LogP contribution in [0.2, 0.25) is 0 Å². The molecule has 0 aromatic heterocycles. The molecule has 0 aromatic carbocycles. The van der Waals surface area contributed by atoms with E-state index in [-0.39, 0.29) is 5.91 Å². The highest BCUT2D eigenvalue weighted by molar-refractivity contribution is 7.86. The summed E-state index contributed by atoms with van der Waals surface area (Å²) in [5, 5.41) is 1.42. The smallest absolute Gasteiger partial charge is 0.266 e. The summed E-state index contributed by atoms with van der Waals surface area (Å²) in [6.07, 6.45) is 1.43. The Bertz CT molecular complexity index is 257. The number of nitrogens with zero attached hydrogens (tertiary/aromatic N) is 1. The number of carbonyl (C=O) groups is 1. The Morgan fingerprint density at radius 3 is 2.73 bits per heavy atom. The van der Waals surface area contributed by atoms with Gasteiger partial charge in [0.1, 0.15) is 11.0 Å². The summed E-state index contributed by atoms with van der Waals surface area (Å²) in [5.74, 6) is -0.194. The zero-order valence-corrected chi connectivity index (χ0v) is 7.06. The van der Waals surface area contributed by atoms with Gasteiger partial charge in [-0.05, 0) is 6.92 Å². The summed E-state index contributed by atoms with van der Waals surface area (Å²) in [5.41, 5.74) is 0.435. The minimum absolute atomic E-state index is 0.194. The maximum Gasteiger partial charge on any atom is 0.266 e. The third kappa shape index (κ3) is 1.26. The van der Waals surface area contributed by atoms with E-state index in [1.54, 1.807) is 6.92 Å². The molecule has 0 fully saturated rings. The van der Waals surface area contributed by atoms with Gasteiger partial charge in [-0.1, -0.05) is 12.7 Å². The second kappa shape index (κ2) is 3.00. The third-order valence-corrected chi connectivity index (χ3v) is 2.74. The van der Waals surface area contributed by atoms with E-state index in [0.29, 0.717) is 12.1 Å². The van der Waals surface area contributed by atoms with Gasteiger partial charge >= 0.3 is 0 Å². The number of amides is 1. The van der Waals surface area contributed by atoms with Crippen LogP contribution in [0.1, 0.15) is 6.92 Å². The van der Waals surface area contributed by atoms with Crippen molar-refractivity contribution >= 4 is 16.9 Å². The van der Waals surface area contributed by atoms with Gasteiger partial charge in [0.15, 0.2) is 0 Å². The van der Waals surface area contributed by atoms with Gasteiger partial charge < -0.3 is 0 Å². The van der Waals surface area contributed by atoms with Crippen LogP contribution in [0.25, 0.3) is 0 Å². The Morgan fingerprint density at radius 1 is 1.82 bits per heavy atom. The molecule has 1 rings (SSSR count). The lowest BCUT2D eigenvalue weighted by molar-refractivity contribution is -0.121. The molecule has 0 bridgehead atoms. The highest BCUT2D eigenvalue weighted by Crippen LogP contribution is 2.15. The second-order valence-electron chi connectivity index (χ2n) is 2.05. The first-order valence-corrected chi connectivity index (χ1v) is 4.44. The molecular formula is C7H9NO2S. The fourth-order valence-electron chi connectivity index (χ4n) is 0.855. The van der Waals surface area contributed by atoms with Gasteiger partial charge in [0.05, 0.1) is 5.57 Å². The van der Waals surface area contributed by atoms with Gasteiger partial charge in [-0.2, -0.15) is 0 Å². The fourth-order valence-corrected chi connectivity index (χ4v) is 1.92. The number of likely N-dealkylation sites (N-methyl/N-ethyl adjacent to an activating group) is 1. The molecule has 11 heavy (non-hydrogen) atoms. The number of hydrogen-bond donors (Lipinski definition) is 0. The highest BCUT2D eigenvalue weighted by Gasteiger charge is 2.26. The lowest BCUT2D eigenvalue weighted by atomic mass is 10.3. The molecular weight excluding hydrogens is 162 g/mol. The average molecular weight is 171 g/mol. The number of hydrogen-bond acceptors (Lipinski definition) is 2. The number of rotatable bonds is 2. The van der Waals surface area contributed by atoms with Crippen LogP contribution in [0.5, 0.6) is 0 Å². The molecule has 3 nitrogen and oxygen atoms in total. The summed E-state index contributed by atoms with van der Waals surface area (Å²) in [6, 6.07) is 0. The number of carbonyl (C=O) groups excluding carboxylic acids is 1. The van der Waals surface area contributed by atoms with E-state index in [0.717, 1.165) is 0 Å². The molecule has 0 aliphatic carbocycles. The van der Waals surface area contributed by atoms with Gasteiger partial charge in [-0.25, -0.2) is 4.21 Å². The van der Waals surface area contributed by atoms with Crippen LogP contribution in [0.4, 0.5) is 0 Å². The maximum atomic E-state index is 11.2. The minimum atomic E-state index is -1.27. The summed E-state index contributed by atoms with van der Waals surface area (Å²) in [7, 11) is -1.27.